The summed E-state index contributed by atoms with van der Waals surface area (Å²) in [5.74, 6) is 2.14. The fraction of sp³-hybridized carbons (Fsp3) is 0.500. The first kappa shape index (κ1) is 18.8. The number of piperazine rings is 1. The molecule has 4 heterocycles. The van der Waals surface area contributed by atoms with Crippen molar-refractivity contribution in [2.45, 2.75) is 32.2 Å². The van der Waals surface area contributed by atoms with E-state index in [1.807, 2.05) is 6.20 Å². The van der Waals surface area contributed by atoms with Crippen molar-refractivity contribution >= 4 is 34.0 Å². The summed E-state index contributed by atoms with van der Waals surface area (Å²) in [6.45, 7) is 8.43. The summed E-state index contributed by atoms with van der Waals surface area (Å²) in [5, 5.41) is 3.27. The molecule has 0 spiro atoms. The van der Waals surface area contributed by atoms with Gasteiger partial charge in [-0.25, -0.2) is 15.0 Å². The number of benzene rings is 1. The van der Waals surface area contributed by atoms with Gasteiger partial charge in [-0.15, -0.1) is 11.3 Å². The van der Waals surface area contributed by atoms with Crippen LogP contribution in [-0.4, -0.2) is 59.1 Å². The summed E-state index contributed by atoms with van der Waals surface area (Å²) < 4.78 is 0. The van der Waals surface area contributed by atoms with E-state index in [2.05, 4.69) is 56.3 Å². The zero-order valence-corrected chi connectivity index (χ0v) is 17.8. The number of hydrogen-bond donors (Lipinski definition) is 0. The Morgan fingerprint density at radius 3 is 2.03 bits per heavy atom. The first-order valence-electron chi connectivity index (χ1n) is 10.7. The number of para-hydroxylation sites is 2. The molecule has 0 aliphatic carbocycles. The lowest BCUT2D eigenvalue weighted by atomic mass is 10.1. The number of rotatable bonds is 4. The highest BCUT2D eigenvalue weighted by molar-refractivity contribution is 7.09. The van der Waals surface area contributed by atoms with Gasteiger partial charge in [-0.05, 0) is 38.3 Å². The van der Waals surface area contributed by atoms with Gasteiger partial charge in [0.05, 0.1) is 17.1 Å². The molecule has 7 heteroatoms. The van der Waals surface area contributed by atoms with Gasteiger partial charge in [0.15, 0.2) is 11.6 Å². The van der Waals surface area contributed by atoms with Crippen LogP contribution in [0.4, 0.5) is 11.6 Å². The Bertz CT molecular complexity index is 945. The molecule has 1 unspecified atom stereocenters. The monoisotopic (exact) mass is 408 g/mol. The zero-order chi connectivity index (χ0) is 19.6. The number of piperidine rings is 1. The topological polar surface area (TPSA) is 48.4 Å². The van der Waals surface area contributed by atoms with Crippen molar-refractivity contribution in [3.63, 3.8) is 0 Å². The third kappa shape index (κ3) is 3.81. The smallest absolute Gasteiger partial charge is 0.172 e. The first-order chi connectivity index (χ1) is 14.3. The molecule has 152 valence electrons. The van der Waals surface area contributed by atoms with E-state index in [4.69, 9.17) is 9.97 Å². The molecule has 6 nitrogen and oxygen atoms in total. The van der Waals surface area contributed by atoms with Crippen molar-refractivity contribution in [2.75, 3.05) is 49.1 Å². The van der Waals surface area contributed by atoms with Crippen molar-refractivity contribution in [3.05, 3.63) is 40.8 Å². The first-order valence-corrected chi connectivity index (χ1v) is 11.6. The fourth-order valence-electron chi connectivity index (χ4n) is 4.43. The third-order valence-electron chi connectivity index (χ3n) is 6.16. The lowest BCUT2D eigenvalue weighted by Crippen LogP contribution is -2.48. The summed E-state index contributed by atoms with van der Waals surface area (Å²) >= 11 is 1.75. The molecule has 2 saturated heterocycles. The number of nitrogens with zero attached hydrogens (tertiary/aromatic N) is 6. The second-order valence-corrected chi connectivity index (χ2v) is 8.90. The van der Waals surface area contributed by atoms with Crippen molar-refractivity contribution in [1.29, 1.82) is 0 Å². The van der Waals surface area contributed by atoms with Gasteiger partial charge in [0.2, 0.25) is 0 Å². The SMILES string of the molecule is CC(c1nccs1)N1CCN(c2nc3ccccc3nc2N2CCCCC2)CC1. The van der Waals surface area contributed by atoms with Crippen LogP contribution in [0.5, 0.6) is 0 Å². The minimum absolute atomic E-state index is 0.376. The molecule has 2 aliphatic heterocycles. The van der Waals surface area contributed by atoms with E-state index < -0.39 is 0 Å². The maximum Gasteiger partial charge on any atom is 0.172 e. The standard InChI is InChI=1S/C22H28N6S/c1-17(22-23-9-16-29-22)26-12-14-28(15-13-26)21-20(27-10-5-2-6-11-27)24-18-7-3-4-8-19(18)25-21/h3-4,7-9,16-17H,2,5-6,10-15H2,1H3. The van der Waals surface area contributed by atoms with Gasteiger partial charge in [0, 0.05) is 50.8 Å². The van der Waals surface area contributed by atoms with Gasteiger partial charge in [-0.3, -0.25) is 4.90 Å². The molecule has 2 aliphatic rings. The van der Waals surface area contributed by atoms with Crippen molar-refractivity contribution in [2.24, 2.45) is 0 Å². The Labute approximate surface area is 176 Å². The normalized spacial score (nSPS) is 19.6. The molecular weight excluding hydrogens is 380 g/mol. The second kappa shape index (κ2) is 8.24. The molecule has 1 aromatic carbocycles. The molecule has 3 aromatic rings. The van der Waals surface area contributed by atoms with Gasteiger partial charge in [-0.1, -0.05) is 12.1 Å². The van der Waals surface area contributed by atoms with E-state index in [-0.39, 0.29) is 0 Å². The molecule has 2 aromatic heterocycles. The highest BCUT2D eigenvalue weighted by atomic mass is 32.1. The van der Waals surface area contributed by atoms with Crippen LogP contribution >= 0.6 is 11.3 Å². The summed E-state index contributed by atoms with van der Waals surface area (Å²) in [6, 6.07) is 8.63. The van der Waals surface area contributed by atoms with Gasteiger partial charge in [0.1, 0.15) is 5.01 Å². The minimum atomic E-state index is 0.376. The molecule has 5 rings (SSSR count). The quantitative estimate of drug-likeness (QED) is 0.651. The number of aromatic nitrogens is 3. The summed E-state index contributed by atoms with van der Waals surface area (Å²) in [7, 11) is 0. The van der Waals surface area contributed by atoms with E-state index in [0.29, 0.717) is 6.04 Å². The molecular formula is C22H28N6S. The average molecular weight is 409 g/mol. The number of thiazole rings is 1. The number of anilines is 2. The number of fused-ring (bicyclic) bond motifs is 1. The Hall–Kier alpha value is -2.25. The fourth-order valence-corrected chi connectivity index (χ4v) is 5.16. The Balaban J connectivity index is 1.40. The van der Waals surface area contributed by atoms with Crippen molar-refractivity contribution in [1.82, 2.24) is 19.9 Å². The highest BCUT2D eigenvalue weighted by Crippen LogP contribution is 2.32. The lowest BCUT2D eigenvalue weighted by molar-refractivity contribution is 0.198. The molecule has 0 amide bonds. The van der Waals surface area contributed by atoms with Crippen LogP contribution in [0.25, 0.3) is 11.0 Å². The van der Waals surface area contributed by atoms with Crippen LogP contribution in [0.2, 0.25) is 0 Å². The predicted molar refractivity (Wildman–Crippen MR) is 120 cm³/mol. The second-order valence-electron chi connectivity index (χ2n) is 7.98. The lowest BCUT2D eigenvalue weighted by Gasteiger charge is -2.39. The summed E-state index contributed by atoms with van der Waals surface area (Å²) in [4.78, 5) is 22.1. The molecule has 29 heavy (non-hydrogen) atoms. The zero-order valence-electron chi connectivity index (χ0n) is 17.0. The van der Waals surface area contributed by atoms with E-state index in [0.717, 1.165) is 61.9 Å². The van der Waals surface area contributed by atoms with Crippen LogP contribution in [0.1, 0.15) is 37.2 Å². The average Bonchev–Trinajstić information content (AvgIpc) is 3.33. The third-order valence-corrected chi connectivity index (χ3v) is 7.11. The van der Waals surface area contributed by atoms with Crippen LogP contribution in [-0.2, 0) is 0 Å². The molecule has 0 radical (unpaired) electrons. The Morgan fingerprint density at radius 1 is 0.828 bits per heavy atom. The maximum atomic E-state index is 5.09. The van der Waals surface area contributed by atoms with E-state index in [1.54, 1.807) is 11.3 Å². The van der Waals surface area contributed by atoms with Gasteiger partial charge >= 0.3 is 0 Å². The van der Waals surface area contributed by atoms with Crippen molar-refractivity contribution < 1.29 is 0 Å². The minimum Gasteiger partial charge on any atom is -0.354 e. The molecule has 0 bridgehead atoms. The van der Waals surface area contributed by atoms with Crippen LogP contribution < -0.4 is 9.80 Å². The summed E-state index contributed by atoms with van der Waals surface area (Å²) in [5.41, 5.74) is 1.98. The van der Waals surface area contributed by atoms with Crippen LogP contribution in [0.3, 0.4) is 0 Å². The van der Waals surface area contributed by atoms with Gasteiger partial charge in [-0.2, -0.15) is 0 Å². The predicted octanol–water partition coefficient (Wildman–Crippen LogP) is 3.96. The van der Waals surface area contributed by atoms with Crippen LogP contribution in [0, 0.1) is 0 Å². The summed E-state index contributed by atoms with van der Waals surface area (Å²) in [6.07, 6.45) is 5.71. The van der Waals surface area contributed by atoms with E-state index in [1.165, 1.54) is 24.3 Å². The Morgan fingerprint density at radius 2 is 1.45 bits per heavy atom. The van der Waals surface area contributed by atoms with E-state index >= 15 is 0 Å². The molecule has 2 fully saturated rings. The van der Waals surface area contributed by atoms with Crippen LogP contribution in [0.15, 0.2) is 35.8 Å². The Kier molecular flexibility index (Phi) is 5.33. The maximum absolute atomic E-state index is 5.09. The largest absolute Gasteiger partial charge is 0.354 e. The van der Waals surface area contributed by atoms with E-state index in [9.17, 15) is 0 Å². The van der Waals surface area contributed by atoms with Gasteiger partial charge in [0.25, 0.3) is 0 Å². The molecule has 0 N–H and O–H groups in total. The molecule has 0 saturated carbocycles. The molecule has 1 atom stereocenters. The van der Waals surface area contributed by atoms with Crippen molar-refractivity contribution in [3.8, 4) is 0 Å². The highest BCUT2D eigenvalue weighted by Gasteiger charge is 2.27. The van der Waals surface area contributed by atoms with Gasteiger partial charge < -0.3 is 9.80 Å². The number of hydrogen-bond acceptors (Lipinski definition) is 7.